The van der Waals surface area contributed by atoms with Crippen LogP contribution in [0.3, 0.4) is 0 Å². The molecule has 4 heteroatoms. The van der Waals surface area contributed by atoms with Crippen molar-refractivity contribution < 1.29 is 9.50 Å². The highest BCUT2D eigenvalue weighted by Gasteiger charge is 2.40. The van der Waals surface area contributed by atoms with Crippen LogP contribution in [0.2, 0.25) is 0 Å². The van der Waals surface area contributed by atoms with E-state index in [1.165, 1.54) is 12.5 Å². The first kappa shape index (κ1) is 15.3. The van der Waals surface area contributed by atoms with Gasteiger partial charge in [-0.25, -0.2) is 4.39 Å². The minimum absolute atomic E-state index is 0.171. The Hall–Kier alpha value is -1.13. The lowest BCUT2D eigenvalue weighted by Gasteiger charge is -2.49. The second-order valence-electron chi connectivity index (χ2n) is 6.22. The van der Waals surface area contributed by atoms with E-state index in [1.54, 1.807) is 19.1 Å². The molecule has 20 heavy (non-hydrogen) atoms. The van der Waals surface area contributed by atoms with Crippen molar-refractivity contribution in [1.82, 2.24) is 4.90 Å². The van der Waals surface area contributed by atoms with Crippen LogP contribution < -0.4 is 4.90 Å². The van der Waals surface area contributed by atoms with Gasteiger partial charge in [-0.2, -0.15) is 0 Å². The molecule has 0 aromatic heterocycles. The number of likely N-dealkylation sites (N-methyl/N-ethyl adjacent to an activating group) is 2. The molecule has 1 aromatic rings. The Bertz CT molecular complexity index is 470. The number of benzene rings is 1. The number of aliphatic hydroxyl groups excluding tert-OH is 1. The van der Waals surface area contributed by atoms with E-state index in [0.717, 1.165) is 19.4 Å². The van der Waals surface area contributed by atoms with Crippen LogP contribution in [0.15, 0.2) is 18.2 Å². The van der Waals surface area contributed by atoms with E-state index in [1.807, 2.05) is 11.9 Å². The molecule has 3 nitrogen and oxygen atoms in total. The largest absolute Gasteiger partial charge is 0.389 e. The average molecular weight is 280 g/mol. The fourth-order valence-electron chi connectivity index (χ4n) is 2.95. The summed E-state index contributed by atoms with van der Waals surface area (Å²) >= 11 is 0. The third kappa shape index (κ3) is 2.81. The third-order valence-electron chi connectivity index (χ3n) is 4.63. The summed E-state index contributed by atoms with van der Waals surface area (Å²) in [5, 5.41) is 9.50. The Labute approximate surface area is 121 Å². The number of aliphatic hydroxyl groups is 1. The van der Waals surface area contributed by atoms with Gasteiger partial charge in [0.05, 0.1) is 11.8 Å². The zero-order valence-electron chi connectivity index (χ0n) is 12.9. The van der Waals surface area contributed by atoms with Gasteiger partial charge in [0.25, 0.3) is 0 Å². The number of hydrogen-bond donors (Lipinski definition) is 1. The molecule has 112 valence electrons. The maximum absolute atomic E-state index is 14.2. The van der Waals surface area contributed by atoms with Gasteiger partial charge in [0, 0.05) is 19.1 Å². The van der Waals surface area contributed by atoms with Crippen LogP contribution in [0, 0.1) is 5.82 Å². The smallest absolute Gasteiger partial charge is 0.146 e. The van der Waals surface area contributed by atoms with Crippen LogP contribution in [0.1, 0.15) is 37.9 Å². The number of hydrogen-bond acceptors (Lipinski definition) is 3. The van der Waals surface area contributed by atoms with Crippen molar-refractivity contribution in [1.29, 1.82) is 0 Å². The van der Waals surface area contributed by atoms with Crippen LogP contribution in [0.4, 0.5) is 10.1 Å². The first-order valence-corrected chi connectivity index (χ1v) is 7.22. The highest BCUT2D eigenvalue weighted by molar-refractivity contribution is 5.49. The predicted molar refractivity (Wildman–Crippen MR) is 80.6 cm³/mol. The molecule has 0 amide bonds. The molecule has 1 aliphatic rings. The summed E-state index contributed by atoms with van der Waals surface area (Å²) in [6.07, 6.45) is 2.94. The second-order valence-corrected chi connectivity index (χ2v) is 6.22. The molecule has 0 saturated heterocycles. The molecule has 0 aliphatic heterocycles. The fraction of sp³-hybridized carbons (Fsp3) is 0.625. The summed E-state index contributed by atoms with van der Waals surface area (Å²) in [6.45, 7) is 2.47. The Morgan fingerprint density at radius 2 is 1.95 bits per heavy atom. The van der Waals surface area contributed by atoms with E-state index < -0.39 is 6.10 Å². The number of anilines is 1. The summed E-state index contributed by atoms with van der Waals surface area (Å²) in [4.78, 5) is 4.25. The maximum Gasteiger partial charge on any atom is 0.146 e. The summed E-state index contributed by atoms with van der Waals surface area (Å²) in [5.74, 6) is -0.265. The van der Waals surface area contributed by atoms with Gasteiger partial charge in [0.2, 0.25) is 0 Å². The highest BCUT2D eigenvalue weighted by atomic mass is 19.1. The monoisotopic (exact) mass is 280 g/mol. The third-order valence-corrected chi connectivity index (χ3v) is 4.63. The standard InChI is InChI=1S/C16H25FN2O/c1-12(20)13-6-7-15(14(17)10-13)19(4)11-16(18(2)3)8-5-9-16/h6-7,10,12,20H,5,8-9,11H2,1-4H3. The van der Waals surface area contributed by atoms with Gasteiger partial charge >= 0.3 is 0 Å². The lowest BCUT2D eigenvalue weighted by atomic mass is 9.75. The molecular weight excluding hydrogens is 255 g/mol. The summed E-state index contributed by atoms with van der Waals surface area (Å²) in [7, 11) is 6.13. The molecule has 0 bridgehead atoms. The van der Waals surface area contributed by atoms with Gasteiger partial charge in [-0.05, 0) is 58.0 Å². The zero-order chi connectivity index (χ0) is 14.9. The Balaban J connectivity index is 2.15. The van der Waals surface area contributed by atoms with Crippen LogP contribution >= 0.6 is 0 Å². The molecule has 1 N–H and O–H groups in total. The number of rotatable bonds is 5. The molecule has 0 heterocycles. The van der Waals surface area contributed by atoms with E-state index >= 15 is 0 Å². The fourth-order valence-corrected chi connectivity index (χ4v) is 2.95. The molecule has 1 atom stereocenters. The highest BCUT2D eigenvalue weighted by Crippen LogP contribution is 2.37. The van der Waals surface area contributed by atoms with Crippen LogP contribution in [-0.4, -0.2) is 43.2 Å². The summed E-state index contributed by atoms with van der Waals surface area (Å²) in [5.41, 5.74) is 1.39. The Morgan fingerprint density at radius 1 is 1.30 bits per heavy atom. The molecule has 1 unspecified atom stereocenters. The maximum atomic E-state index is 14.2. The molecule has 1 aliphatic carbocycles. The van der Waals surface area contributed by atoms with Gasteiger partial charge in [-0.3, -0.25) is 0 Å². The minimum Gasteiger partial charge on any atom is -0.389 e. The molecular formula is C16H25FN2O. The van der Waals surface area contributed by atoms with Gasteiger partial charge in [-0.15, -0.1) is 0 Å². The average Bonchev–Trinajstić information content (AvgIpc) is 2.32. The van der Waals surface area contributed by atoms with Crippen molar-refractivity contribution in [3.8, 4) is 0 Å². The van der Waals surface area contributed by atoms with Gasteiger partial charge in [-0.1, -0.05) is 6.07 Å². The second kappa shape index (κ2) is 5.70. The quantitative estimate of drug-likeness (QED) is 0.898. The van der Waals surface area contributed by atoms with Gasteiger partial charge in [0.1, 0.15) is 5.82 Å². The van der Waals surface area contributed by atoms with E-state index in [2.05, 4.69) is 19.0 Å². The Morgan fingerprint density at radius 3 is 2.35 bits per heavy atom. The van der Waals surface area contributed by atoms with Gasteiger partial charge < -0.3 is 14.9 Å². The number of halogens is 1. The van der Waals surface area contributed by atoms with Crippen LogP contribution in [0.5, 0.6) is 0 Å². The van der Waals surface area contributed by atoms with Crippen LogP contribution in [-0.2, 0) is 0 Å². The van der Waals surface area contributed by atoms with Crippen molar-refractivity contribution in [2.24, 2.45) is 0 Å². The van der Waals surface area contributed by atoms with Crippen LogP contribution in [0.25, 0.3) is 0 Å². The van der Waals surface area contributed by atoms with E-state index in [-0.39, 0.29) is 11.4 Å². The zero-order valence-corrected chi connectivity index (χ0v) is 12.9. The molecule has 0 radical (unpaired) electrons. The first-order chi connectivity index (χ1) is 9.35. The molecule has 1 saturated carbocycles. The molecule has 1 aromatic carbocycles. The molecule has 0 spiro atoms. The molecule has 2 rings (SSSR count). The SMILES string of the molecule is CC(O)c1ccc(N(C)CC2(N(C)C)CCC2)c(F)c1. The first-order valence-electron chi connectivity index (χ1n) is 7.22. The molecule has 1 fully saturated rings. The predicted octanol–water partition coefficient (Wildman–Crippen LogP) is 2.80. The van der Waals surface area contributed by atoms with Gasteiger partial charge in [0.15, 0.2) is 0 Å². The Kier molecular flexibility index (Phi) is 4.35. The van der Waals surface area contributed by atoms with Crippen molar-refractivity contribution in [2.45, 2.75) is 37.8 Å². The van der Waals surface area contributed by atoms with E-state index in [9.17, 15) is 9.50 Å². The van der Waals surface area contributed by atoms with E-state index in [4.69, 9.17) is 0 Å². The summed E-state index contributed by atoms with van der Waals surface area (Å²) < 4.78 is 14.2. The lowest BCUT2D eigenvalue weighted by molar-refractivity contribution is 0.0682. The topological polar surface area (TPSA) is 26.7 Å². The van der Waals surface area contributed by atoms with E-state index in [0.29, 0.717) is 11.3 Å². The lowest BCUT2D eigenvalue weighted by Crippen LogP contribution is -2.56. The van der Waals surface area contributed by atoms with Crippen molar-refractivity contribution in [3.05, 3.63) is 29.6 Å². The van der Waals surface area contributed by atoms with Crippen molar-refractivity contribution in [2.75, 3.05) is 32.6 Å². The minimum atomic E-state index is -0.636. The normalized spacial score (nSPS) is 18.8. The summed E-state index contributed by atoms with van der Waals surface area (Å²) in [6, 6.07) is 4.99. The van der Waals surface area contributed by atoms with Crippen molar-refractivity contribution in [3.63, 3.8) is 0 Å². The number of nitrogens with zero attached hydrogens (tertiary/aromatic N) is 2. The van der Waals surface area contributed by atoms with Crippen molar-refractivity contribution >= 4 is 5.69 Å².